The summed E-state index contributed by atoms with van der Waals surface area (Å²) in [6.45, 7) is 0.384. The van der Waals surface area contributed by atoms with Gasteiger partial charge in [-0.25, -0.2) is 4.39 Å². The highest BCUT2D eigenvalue weighted by atomic mass is 19.1. The first-order valence-electron chi connectivity index (χ1n) is 6.28. The van der Waals surface area contributed by atoms with Crippen molar-refractivity contribution in [3.8, 4) is 0 Å². The van der Waals surface area contributed by atoms with Gasteiger partial charge in [0.1, 0.15) is 11.9 Å². The molecule has 0 fully saturated rings. The molecule has 0 bridgehead atoms. The van der Waals surface area contributed by atoms with E-state index in [-0.39, 0.29) is 11.7 Å². The normalized spacial score (nSPS) is 12.4. The summed E-state index contributed by atoms with van der Waals surface area (Å²) in [5.74, 6) is -0.529. The van der Waals surface area contributed by atoms with Gasteiger partial charge in [-0.1, -0.05) is 12.1 Å². The average molecular weight is 276 g/mol. The average Bonchev–Trinajstić information content (AvgIpc) is 2.89. The minimum Gasteiger partial charge on any atom is -0.472 e. The summed E-state index contributed by atoms with van der Waals surface area (Å²) in [6, 6.07) is 7.34. The van der Waals surface area contributed by atoms with E-state index in [2.05, 4.69) is 5.32 Å². The van der Waals surface area contributed by atoms with Gasteiger partial charge in [-0.2, -0.15) is 0 Å². The zero-order chi connectivity index (χ0) is 14.5. The first kappa shape index (κ1) is 14.3. The molecule has 1 amide bonds. The molecule has 2 rings (SSSR count). The van der Waals surface area contributed by atoms with Gasteiger partial charge in [0, 0.05) is 12.1 Å². The van der Waals surface area contributed by atoms with E-state index in [9.17, 15) is 9.18 Å². The van der Waals surface area contributed by atoms with Crippen LogP contribution in [0.5, 0.6) is 0 Å². The summed E-state index contributed by atoms with van der Waals surface area (Å²) in [6.07, 6.45) is 3.13. The maximum Gasteiger partial charge on any atom is 0.242 e. The third-order valence-electron chi connectivity index (χ3n) is 2.98. The lowest BCUT2D eigenvalue weighted by atomic mass is 10.0. The minimum absolute atomic E-state index is 0.179. The quantitative estimate of drug-likeness (QED) is 0.911. The van der Waals surface area contributed by atoms with E-state index in [4.69, 9.17) is 4.42 Å². The van der Waals surface area contributed by atoms with Crippen LogP contribution in [0.15, 0.2) is 47.3 Å². The first-order valence-corrected chi connectivity index (χ1v) is 6.28. The summed E-state index contributed by atoms with van der Waals surface area (Å²) in [5, 5.41) is 2.82. The van der Waals surface area contributed by atoms with Crippen LogP contribution in [0.1, 0.15) is 17.2 Å². The molecule has 5 heteroatoms. The van der Waals surface area contributed by atoms with Crippen LogP contribution in [0.2, 0.25) is 0 Å². The standard InChI is InChI=1S/C15H17FN2O2/c1-18(2)14(12-4-3-5-13(16)8-12)15(19)17-9-11-6-7-20-10-11/h3-8,10,14H,9H2,1-2H3,(H,17,19)/t14-/m0/s1. The van der Waals surface area contributed by atoms with Crippen LogP contribution in [0.4, 0.5) is 4.39 Å². The Morgan fingerprint density at radius 2 is 2.20 bits per heavy atom. The molecule has 0 radical (unpaired) electrons. The lowest BCUT2D eigenvalue weighted by molar-refractivity contribution is -0.125. The Bertz CT molecular complexity index is 567. The Hall–Kier alpha value is -2.14. The monoisotopic (exact) mass is 276 g/mol. The summed E-state index contributed by atoms with van der Waals surface area (Å²) >= 11 is 0. The van der Waals surface area contributed by atoms with E-state index < -0.39 is 6.04 Å². The molecule has 1 aromatic carbocycles. The van der Waals surface area contributed by atoms with Gasteiger partial charge in [0.2, 0.25) is 5.91 Å². The Labute approximate surface area is 117 Å². The molecular weight excluding hydrogens is 259 g/mol. The van der Waals surface area contributed by atoms with Gasteiger partial charge in [0.15, 0.2) is 0 Å². The third kappa shape index (κ3) is 3.45. The van der Waals surface area contributed by atoms with Crippen LogP contribution < -0.4 is 5.32 Å². The van der Waals surface area contributed by atoms with Crippen LogP contribution in [0.25, 0.3) is 0 Å². The van der Waals surface area contributed by atoms with E-state index in [1.807, 2.05) is 0 Å². The topological polar surface area (TPSA) is 45.5 Å². The second-order valence-corrected chi connectivity index (χ2v) is 4.77. The number of hydrogen-bond donors (Lipinski definition) is 1. The molecular formula is C15H17FN2O2. The smallest absolute Gasteiger partial charge is 0.242 e. The fourth-order valence-corrected chi connectivity index (χ4v) is 2.04. The lowest BCUT2D eigenvalue weighted by Gasteiger charge is -2.23. The van der Waals surface area contributed by atoms with Crippen LogP contribution in [0.3, 0.4) is 0 Å². The van der Waals surface area contributed by atoms with Gasteiger partial charge in [0.05, 0.1) is 12.5 Å². The van der Waals surface area contributed by atoms with E-state index >= 15 is 0 Å². The van der Waals surface area contributed by atoms with Crippen molar-refractivity contribution in [3.05, 3.63) is 59.8 Å². The molecule has 0 aliphatic heterocycles. The summed E-state index contributed by atoms with van der Waals surface area (Å²) in [5.41, 5.74) is 1.51. The molecule has 0 saturated heterocycles. The van der Waals surface area contributed by atoms with Gasteiger partial charge >= 0.3 is 0 Å². The maximum atomic E-state index is 13.3. The Morgan fingerprint density at radius 1 is 1.40 bits per heavy atom. The highest BCUT2D eigenvalue weighted by Crippen LogP contribution is 2.19. The predicted molar refractivity (Wildman–Crippen MR) is 73.4 cm³/mol. The van der Waals surface area contributed by atoms with Crippen LogP contribution >= 0.6 is 0 Å². The van der Waals surface area contributed by atoms with Gasteiger partial charge in [-0.3, -0.25) is 9.69 Å². The number of likely N-dealkylation sites (N-methyl/N-ethyl adjacent to an activating group) is 1. The molecule has 20 heavy (non-hydrogen) atoms. The third-order valence-corrected chi connectivity index (χ3v) is 2.98. The summed E-state index contributed by atoms with van der Waals surface area (Å²) in [4.78, 5) is 14.0. The number of halogens is 1. The predicted octanol–water partition coefficient (Wildman–Crippen LogP) is 2.34. The number of rotatable bonds is 5. The number of furan rings is 1. The molecule has 0 aliphatic rings. The molecule has 106 valence electrons. The van der Waals surface area contributed by atoms with Crippen LogP contribution in [-0.4, -0.2) is 24.9 Å². The molecule has 0 saturated carbocycles. The van der Waals surface area contributed by atoms with Gasteiger partial charge in [-0.15, -0.1) is 0 Å². The molecule has 1 atom stereocenters. The van der Waals surface area contributed by atoms with Gasteiger partial charge in [0.25, 0.3) is 0 Å². The van der Waals surface area contributed by atoms with E-state index in [1.54, 1.807) is 49.7 Å². The summed E-state index contributed by atoms with van der Waals surface area (Å²) < 4.78 is 18.2. The van der Waals surface area contributed by atoms with E-state index in [0.717, 1.165) is 5.56 Å². The van der Waals surface area contributed by atoms with Crippen molar-refractivity contribution in [1.82, 2.24) is 10.2 Å². The van der Waals surface area contributed by atoms with Crippen molar-refractivity contribution in [2.24, 2.45) is 0 Å². The zero-order valence-electron chi connectivity index (χ0n) is 11.5. The van der Waals surface area contributed by atoms with Crippen LogP contribution in [-0.2, 0) is 11.3 Å². The zero-order valence-corrected chi connectivity index (χ0v) is 11.5. The molecule has 2 aromatic rings. The highest BCUT2D eigenvalue weighted by molar-refractivity contribution is 5.83. The second kappa shape index (κ2) is 6.34. The van der Waals surface area contributed by atoms with Gasteiger partial charge < -0.3 is 9.73 Å². The van der Waals surface area contributed by atoms with Crippen LogP contribution in [0, 0.1) is 5.82 Å². The number of amides is 1. The van der Waals surface area contributed by atoms with Crippen molar-refractivity contribution < 1.29 is 13.6 Å². The number of nitrogens with zero attached hydrogens (tertiary/aromatic N) is 1. The fraction of sp³-hybridized carbons (Fsp3) is 0.267. The Morgan fingerprint density at radius 3 is 2.80 bits per heavy atom. The van der Waals surface area contributed by atoms with Crippen molar-refractivity contribution in [3.63, 3.8) is 0 Å². The van der Waals surface area contributed by atoms with Crippen molar-refractivity contribution in [1.29, 1.82) is 0 Å². The highest BCUT2D eigenvalue weighted by Gasteiger charge is 2.23. The van der Waals surface area contributed by atoms with E-state index in [0.29, 0.717) is 12.1 Å². The molecule has 1 N–H and O–H groups in total. The molecule has 1 aromatic heterocycles. The molecule has 0 aliphatic carbocycles. The summed E-state index contributed by atoms with van der Waals surface area (Å²) in [7, 11) is 3.57. The van der Waals surface area contributed by atoms with Crippen molar-refractivity contribution in [2.45, 2.75) is 12.6 Å². The van der Waals surface area contributed by atoms with E-state index in [1.165, 1.54) is 12.1 Å². The minimum atomic E-state index is -0.530. The molecule has 1 heterocycles. The molecule has 0 spiro atoms. The largest absolute Gasteiger partial charge is 0.472 e. The first-order chi connectivity index (χ1) is 9.58. The molecule has 0 unspecified atom stereocenters. The van der Waals surface area contributed by atoms with Gasteiger partial charge in [-0.05, 0) is 37.9 Å². The molecule has 4 nitrogen and oxygen atoms in total. The fourth-order valence-electron chi connectivity index (χ4n) is 2.04. The Kier molecular flexibility index (Phi) is 4.53. The SMILES string of the molecule is CN(C)[C@H](C(=O)NCc1ccoc1)c1cccc(F)c1. The number of hydrogen-bond acceptors (Lipinski definition) is 3. The second-order valence-electron chi connectivity index (χ2n) is 4.77. The number of carbonyl (C=O) groups is 1. The van der Waals surface area contributed by atoms with Crippen molar-refractivity contribution >= 4 is 5.91 Å². The maximum absolute atomic E-state index is 13.3. The lowest BCUT2D eigenvalue weighted by Crippen LogP contribution is -2.36. The Balaban J connectivity index is 2.10. The van der Waals surface area contributed by atoms with Crippen molar-refractivity contribution in [2.75, 3.05) is 14.1 Å². The number of nitrogens with one attached hydrogen (secondary N) is 1. The number of benzene rings is 1. The number of carbonyl (C=O) groups excluding carboxylic acids is 1.